The predicted octanol–water partition coefficient (Wildman–Crippen LogP) is 3.05. The number of aryl methyl sites for hydroxylation is 1. The number of likely N-dealkylation sites (tertiary alicyclic amines) is 1. The van der Waals surface area contributed by atoms with Gasteiger partial charge in [0.2, 0.25) is 5.91 Å². The highest BCUT2D eigenvalue weighted by atomic mass is 16.2. The van der Waals surface area contributed by atoms with E-state index in [0.29, 0.717) is 0 Å². The van der Waals surface area contributed by atoms with Crippen molar-refractivity contribution in [3.05, 3.63) is 35.4 Å². The van der Waals surface area contributed by atoms with Gasteiger partial charge in [0.05, 0.1) is 6.04 Å². The topological polar surface area (TPSA) is 32.3 Å². The van der Waals surface area contributed by atoms with Gasteiger partial charge in [0.15, 0.2) is 0 Å². The molecule has 3 heteroatoms. The predicted molar refractivity (Wildman–Crippen MR) is 82.6 cm³/mol. The molecule has 1 aromatic carbocycles. The summed E-state index contributed by atoms with van der Waals surface area (Å²) in [6.45, 7) is 8.03. The van der Waals surface area contributed by atoms with Crippen LogP contribution in [0.3, 0.4) is 0 Å². The van der Waals surface area contributed by atoms with Crippen LogP contribution in [0.4, 0.5) is 0 Å². The van der Waals surface area contributed by atoms with Gasteiger partial charge >= 0.3 is 0 Å². The molecule has 0 bridgehead atoms. The summed E-state index contributed by atoms with van der Waals surface area (Å²) < 4.78 is 0. The average Bonchev–Trinajstić information content (AvgIpc) is 2.47. The van der Waals surface area contributed by atoms with E-state index in [1.54, 1.807) is 0 Å². The van der Waals surface area contributed by atoms with Crippen molar-refractivity contribution in [2.75, 3.05) is 13.1 Å². The third kappa shape index (κ3) is 3.83. The van der Waals surface area contributed by atoms with E-state index in [-0.39, 0.29) is 18.0 Å². The first-order valence-electron chi connectivity index (χ1n) is 7.69. The van der Waals surface area contributed by atoms with Gasteiger partial charge in [-0.15, -0.1) is 0 Å². The number of hydrogen-bond donors (Lipinski definition) is 1. The number of nitrogens with one attached hydrogen (secondary N) is 1. The smallest absolute Gasteiger partial charge is 0.239 e. The van der Waals surface area contributed by atoms with Crippen LogP contribution >= 0.6 is 0 Å². The number of benzene rings is 1. The van der Waals surface area contributed by atoms with Crippen molar-refractivity contribution < 1.29 is 4.79 Å². The first kappa shape index (κ1) is 15.0. The minimum atomic E-state index is -0.122. The molecule has 1 aromatic rings. The second kappa shape index (κ2) is 6.89. The number of rotatable bonds is 4. The summed E-state index contributed by atoms with van der Waals surface area (Å²) in [5.74, 6) is 0.240. The zero-order valence-electron chi connectivity index (χ0n) is 12.9. The molecule has 3 nitrogen and oxygen atoms in total. The Labute approximate surface area is 122 Å². The molecule has 110 valence electrons. The molecule has 1 aliphatic heterocycles. The van der Waals surface area contributed by atoms with Crippen LogP contribution in [0.15, 0.2) is 24.3 Å². The monoisotopic (exact) mass is 274 g/mol. The Balaban J connectivity index is 1.92. The maximum Gasteiger partial charge on any atom is 0.239 e. The van der Waals surface area contributed by atoms with Crippen molar-refractivity contribution in [1.29, 1.82) is 0 Å². The molecule has 2 atom stereocenters. The van der Waals surface area contributed by atoms with E-state index in [9.17, 15) is 4.79 Å². The maximum absolute atomic E-state index is 12.4. The summed E-state index contributed by atoms with van der Waals surface area (Å²) in [6, 6.07) is 8.53. The Bertz CT molecular complexity index is 452. The lowest BCUT2D eigenvalue weighted by Crippen LogP contribution is -2.47. The van der Waals surface area contributed by atoms with Crippen LogP contribution in [0.25, 0.3) is 0 Å². The Morgan fingerprint density at radius 2 is 1.90 bits per heavy atom. The molecule has 0 aromatic heterocycles. The Hall–Kier alpha value is -1.35. The van der Waals surface area contributed by atoms with E-state index < -0.39 is 0 Å². The molecule has 1 unspecified atom stereocenters. The normalized spacial score (nSPS) is 18.6. The summed E-state index contributed by atoms with van der Waals surface area (Å²) in [6.07, 6.45) is 3.54. The fraction of sp³-hybridized carbons (Fsp3) is 0.588. The lowest BCUT2D eigenvalue weighted by molar-refractivity contribution is -0.134. The summed E-state index contributed by atoms with van der Waals surface area (Å²) in [5, 5.41) is 3.43. The van der Waals surface area contributed by atoms with Gasteiger partial charge in [-0.05, 0) is 45.6 Å². The van der Waals surface area contributed by atoms with Crippen molar-refractivity contribution in [2.45, 2.75) is 52.1 Å². The SMILES string of the molecule is Cc1cccc([C@H](C)NC(C)C(=O)N2CCCCC2)c1. The largest absolute Gasteiger partial charge is 0.341 e. The van der Waals surface area contributed by atoms with Gasteiger partial charge in [-0.25, -0.2) is 0 Å². The number of hydrogen-bond acceptors (Lipinski definition) is 2. The molecule has 1 amide bonds. The number of carbonyl (C=O) groups is 1. The molecule has 0 spiro atoms. The minimum absolute atomic E-state index is 0.122. The van der Waals surface area contributed by atoms with Crippen molar-refractivity contribution in [1.82, 2.24) is 10.2 Å². The summed E-state index contributed by atoms with van der Waals surface area (Å²) in [5.41, 5.74) is 2.49. The number of piperidine rings is 1. The maximum atomic E-state index is 12.4. The van der Waals surface area contributed by atoms with E-state index in [4.69, 9.17) is 0 Å². The molecule has 1 aliphatic rings. The first-order chi connectivity index (χ1) is 9.58. The quantitative estimate of drug-likeness (QED) is 0.915. The van der Waals surface area contributed by atoms with Crippen LogP contribution in [-0.2, 0) is 4.79 Å². The molecule has 1 saturated heterocycles. The Kier molecular flexibility index (Phi) is 5.18. The molecular formula is C17H26N2O. The number of nitrogens with zero attached hydrogens (tertiary/aromatic N) is 1. The van der Waals surface area contributed by atoms with Crippen LogP contribution < -0.4 is 5.32 Å². The van der Waals surface area contributed by atoms with Crippen LogP contribution in [0.2, 0.25) is 0 Å². The fourth-order valence-corrected chi connectivity index (χ4v) is 2.87. The van der Waals surface area contributed by atoms with E-state index in [1.807, 2.05) is 11.8 Å². The van der Waals surface area contributed by atoms with E-state index in [1.165, 1.54) is 17.5 Å². The standard InChI is InChI=1S/C17H26N2O/c1-13-8-7-9-16(12-13)14(2)18-15(3)17(20)19-10-5-4-6-11-19/h7-9,12,14-15,18H,4-6,10-11H2,1-3H3/t14-,15?/m0/s1. The zero-order chi connectivity index (χ0) is 14.5. The molecule has 20 heavy (non-hydrogen) atoms. The summed E-state index contributed by atoms with van der Waals surface area (Å²) in [4.78, 5) is 14.4. The van der Waals surface area contributed by atoms with Gasteiger partial charge < -0.3 is 4.90 Å². The van der Waals surface area contributed by atoms with Crippen LogP contribution in [-0.4, -0.2) is 29.9 Å². The molecule has 0 saturated carbocycles. The van der Waals surface area contributed by atoms with Gasteiger partial charge in [0, 0.05) is 19.1 Å². The lowest BCUT2D eigenvalue weighted by atomic mass is 10.0. The van der Waals surface area contributed by atoms with Crippen molar-refractivity contribution in [3.63, 3.8) is 0 Å². The van der Waals surface area contributed by atoms with E-state index in [2.05, 4.69) is 43.4 Å². The van der Waals surface area contributed by atoms with Crippen LogP contribution in [0, 0.1) is 6.92 Å². The van der Waals surface area contributed by atoms with Crippen LogP contribution in [0.5, 0.6) is 0 Å². The van der Waals surface area contributed by atoms with Crippen molar-refractivity contribution in [2.24, 2.45) is 0 Å². The molecule has 0 radical (unpaired) electrons. The highest BCUT2D eigenvalue weighted by molar-refractivity contribution is 5.81. The van der Waals surface area contributed by atoms with Gasteiger partial charge in [0.25, 0.3) is 0 Å². The van der Waals surface area contributed by atoms with Gasteiger partial charge in [0.1, 0.15) is 0 Å². The third-order valence-corrected chi connectivity index (χ3v) is 4.08. The lowest BCUT2D eigenvalue weighted by Gasteiger charge is -2.30. The van der Waals surface area contributed by atoms with Crippen LogP contribution in [0.1, 0.15) is 50.3 Å². The molecule has 1 heterocycles. The summed E-state index contributed by atoms with van der Waals surface area (Å²) >= 11 is 0. The molecule has 0 aliphatic carbocycles. The van der Waals surface area contributed by atoms with E-state index in [0.717, 1.165) is 25.9 Å². The number of carbonyl (C=O) groups excluding carboxylic acids is 1. The average molecular weight is 274 g/mol. The summed E-state index contributed by atoms with van der Waals surface area (Å²) in [7, 11) is 0. The number of amides is 1. The van der Waals surface area contributed by atoms with Crippen molar-refractivity contribution in [3.8, 4) is 0 Å². The Morgan fingerprint density at radius 1 is 1.20 bits per heavy atom. The fourth-order valence-electron chi connectivity index (χ4n) is 2.87. The highest BCUT2D eigenvalue weighted by Crippen LogP contribution is 2.16. The van der Waals surface area contributed by atoms with Crippen molar-refractivity contribution >= 4 is 5.91 Å². The molecule has 1 fully saturated rings. The third-order valence-electron chi connectivity index (χ3n) is 4.08. The molecule has 2 rings (SSSR count). The second-order valence-corrected chi connectivity index (χ2v) is 5.91. The molecule has 1 N–H and O–H groups in total. The first-order valence-corrected chi connectivity index (χ1v) is 7.69. The highest BCUT2D eigenvalue weighted by Gasteiger charge is 2.23. The Morgan fingerprint density at radius 3 is 2.55 bits per heavy atom. The minimum Gasteiger partial charge on any atom is -0.341 e. The second-order valence-electron chi connectivity index (χ2n) is 5.91. The van der Waals surface area contributed by atoms with E-state index >= 15 is 0 Å². The molecular weight excluding hydrogens is 248 g/mol. The van der Waals surface area contributed by atoms with Gasteiger partial charge in [-0.2, -0.15) is 0 Å². The van der Waals surface area contributed by atoms with Gasteiger partial charge in [-0.1, -0.05) is 29.8 Å². The zero-order valence-corrected chi connectivity index (χ0v) is 12.9. The van der Waals surface area contributed by atoms with Gasteiger partial charge in [-0.3, -0.25) is 10.1 Å².